The fraction of sp³-hybridized carbons (Fsp3) is 0.800. The first kappa shape index (κ1) is 8.55. The van der Waals surface area contributed by atoms with E-state index in [1.807, 2.05) is 0 Å². The van der Waals surface area contributed by atoms with E-state index in [2.05, 4.69) is 0 Å². The number of aliphatic hydroxyl groups excluding tert-OH is 2. The molecule has 0 aliphatic carbocycles. The van der Waals surface area contributed by atoms with Crippen molar-refractivity contribution < 1.29 is 15.0 Å². The van der Waals surface area contributed by atoms with Crippen LogP contribution >= 0.6 is 0 Å². The molecule has 4 N–H and O–H groups in total. The molecule has 4 heteroatoms. The van der Waals surface area contributed by atoms with E-state index in [9.17, 15) is 4.79 Å². The van der Waals surface area contributed by atoms with Gasteiger partial charge in [0.2, 0.25) is 0 Å². The molecule has 2 atom stereocenters. The Balaban J connectivity index is 3.72. The number of aliphatic hydroxyl groups is 2. The molecular weight excluding hydrogens is 122 g/mol. The van der Waals surface area contributed by atoms with Crippen molar-refractivity contribution in [1.82, 2.24) is 0 Å². The Morgan fingerprint density at radius 2 is 2.22 bits per heavy atom. The Morgan fingerprint density at radius 3 is 2.33 bits per heavy atom. The van der Waals surface area contributed by atoms with Gasteiger partial charge in [-0.2, -0.15) is 0 Å². The summed E-state index contributed by atoms with van der Waals surface area (Å²) in [6, 6.07) is -0.949. The van der Waals surface area contributed by atoms with Crippen LogP contribution in [0.2, 0.25) is 0 Å². The van der Waals surface area contributed by atoms with Gasteiger partial charge in [-0.05, 0) is 6.92 Å². The summed E-state index contributed by atoms with van der Waals surface area (Å²) in [5, 5.41) is 17.0. The van der Waals surface area contributed by atoms with Crippen LogP contribution in [0.1, 0.15) is 6.92 Å². The zero-order chi connectivity index (χ0) is 7.44. The lowest BCUT2D eigenvalue weighted by atomic mass is 10.1. The Labute approximate surface area is 53.3 Å². The lowest BCUT2D eigenvalue weighted by Gasteiger charge is -2.11. The van der Waals surface area contributed by atoms with E-state index in [-0.39, 0.29) is 5.78 Å². The Kier molecular flexibility index (Phi) is 3.37. The maximum Gasteiger partial charge on any atom is 0.149 e. The van der Waals surface area contributed by atoms with Crippen LogP contribution in [0.25, 0.3) is 0 Å². The lowest BCUT2D eigenvalue weighted by Crippen LogP contribution is -2.42. The van der Waals surface area contributed by atoms with Gasteiger partial charge in [0.15, 0.2) is 0 Å². The minimum atomic E-state index is -1.12. The zero-order valence-electron chi connectivity index (χ0n) is 5.24. The first-order chi connectivity index (χ1) is 4.09. The zero-order valence-corrected chi connectivity index (χ0v) is 5.24. The molecule has 9 heavy (non-hydrogen) atoms. The normalized spacial score (nSPS) is 16.9. The third-order valence-electron chi connectivity index (χ3n) is 1.07. The largest absolute Gasteiger partial charge is 0.394 e. The van der Waals surface area contributed by atoms with Gasteiger partial charge in [-0.25, -0.2) is 0 Å². The standard InChI is InChI=1S/C5H11NO3/c1-3(8)5(6)4(9)2-7/h4-5,7,9H,2,6H2,1H3. The molecule has 0 radical (unpaired) electrons. The monoisotopic (exact) mass is 133 g/mol. The number of rotatable bonds is 3. The molecule has 0 aromatic heterocycles. The summed E-state index contributed by atoms with van der Waals surface area (Å²) in [5.74, 6) is -0.323. The second-order valence-electron chi connectivity index (χ2n) is 1.89. The van der Waals surface area contributed by atoms with Crippen LogP contribution in [0, 0.1) is 0 Å². The summed E-state index contributed by atoms with van der Waals surface area (Å²) >= 11 is 0. The van der Waals surface area contributed by atoms with Crippen LogP contribution < -0.4 is 5.73 Å². The number of hydrogen-bond acceptors (Lipinski definition) is 4. The molecule has 0 aromatic rings. The molecule has 0 aromatic carbocycles. The Hall–Kier alpha value is -0.450. The van der Waals surface area contributed by atoms with Gasteiger partial charge in [0.1, 0.15) is 5.78 Å². The molecule has 54 valence electrons. The number of carbonyl (C=O) groups excluding carboxylic acids is 1. The van der Waals surface area contributed by atoms with Crippen molar-refractivity contribution >= 4 is 5.78 Å². The molecule has 0 rings (SSSR count). The van der Waals surface area contributed by atoms with Gasteiger partial charge in [-0.15, -0.1) is 0 Å². The quantitative estimate of drug-likeness (QED) is 0.426. The summed E-state index contributed by atoms with van der Waals surface area (Å²) in [5.41, 5.74) is 5.11. The van der Waals surface area contributed by atoms with Crippen molar-refractivity contribution in [2.24, 2.45) is 5.73 Å². The van der Waals surface area contributed by atoms with Crippen molar-refractivity contribution in [2.45, 2.75) is 19.1 Å². The minimum absolute atomic E-state index is 0.323. The van der Waals surface area contributed by atoms with Crippen molar-refractivity contribution in [3.8, 4) is 0 Å². The molecule has 2 unspecified atom stereocenters. The fourth-order valence-corrected chi connectivity index (χ4v) is 0.384. The summed E-state index contributed by atoms with van der Waals surface area (Å²) in [4.78, 5) is 10.3. The average Bonchev–Trinajstić information content (AvgIpc) is 1.84. The maximum absolute atomic E-state index is 10.3. The molecule has 0 spiro atoms. The molecule has 0 amide bonds. The van der Waals surface area contributed by atoms with E-state index >= 15 is 0 Å². The van der Waals surface area contributed by atoms with Gasteiger partial charge in [0.05, 0.1) is 18.8 Å². The predicted molar refractivity (Wildman–Crippen MR) is 31.7 cm³/mol. The van der Waals surface area contributed by atoms with Crippen LogP contribution in [-0.4, -0.2) is 34.7 Å². The van der Waals surface area contributed by atoms with Crippen LogP contribution in [0.4, 0.5) is 0 Å². The average molecular weight is 133 g/mol. The smallest absolute Gasteiger partial charge is 0.149 e. The van der Waals surface area contributed by atoms with Crippen LogP contribution in [-0.2, 0) is 4.79 Å². The SMILES string of the molecule is CC(=O)C(N)C(O)CO. The molecule has 0 aliphatic heterocycles. The van der Waals surface area contributed by atoms with Gasteiger partial charge >= 0.3 is 0 Å². The molecule has 0 heterocycles. The van der Waals surface area contributed by atoms with Crippen molar-refractivity contribution in [1.29, 1.82) is 0 Å². The van der Waals surface area contributed by atoms with E-state index in [0.29, 0.717) is 0 Å². The second-order valence-corrected chi connectivity index (χ2v) is 1.89. The van der Waals surface area contributed by atoms with Gasteiger partial charge in [-0.3, -0.25) is 4.79 Å². The molecule has 0 bridgehead atoms. The lowest BCUT2D eigenvalue weighted by molar-refractivity contribution is -0.121. The highest BCUT2D eigenvalue weighted by molar-refractivity contribution is 5.81. The van der Waals surface area contributed by atoms with Crippen molar-refractivity contribution in [3.63, 3.8) is 0 Å². The van der Waals surface area contributed by atoms with E-state index in [4.69, 9.17) is 15.9 Å². The summed E-state index contributed by atoms with van der Waals surface area (Å²) < 4.78 is 0. The van der Waals surface area contributed by atoms with Crippen LogP contribution in [0.5, 0.6) is 0 Å². The maximum atomic E-state index is 10.3. The Bertz CT molecular complexity index is 104. The number of nitrogens with two attached hydrogens (primary N) is 1. The molecule has 4 nitrogen and oxygen atoms in total. The molecule has 0 fully saturated rings. The summed E-state index contributed by atoms with van der Waals surface area (Å²) in [7, 11) is 0. The first-order valence-electron chi connectivity index (χ1n) is 2.64. The van der Waals surface area contributed by atoms with E-state index < -0.39 is 18.8 Å². The second kappa shape index (κ2) is 3.55. The van der Waals surface area contributed by atoms with E-state index in [0.717, 1.165) is 0 Å². The minimum Gasteiger partial charge on any atom is -0.394 e. The highest BCUT2D eigenvalue weighted by atomic mass is 16.3. The first-order valence-corrected chi connectivity index (χ1v) is 2.64. The van der Waals surface area contributed by atoms with Crippen molar-refractivity contribution in [2.75, 3.05) is 6.61 Å². The molecule has 0 saturated carbocycles. The third kappa shape index (κ3) is 2.55. The highest BCUT2D eigenvalue weighted by Crippen LogP contribution is 1.88. The molecular formula is C5H11NO3. The molecule has 0 saturated heterocycles. The highest BCUT2D eigenvalue weighted by Gasteiger charge is 2.17. The Morgan fingerprint density at radius 1 is 1.78 bits per heavy atom. The van der Waals surface area contributed by atoms with Crippen molar-refractivity contribution in [3.05, 3.63) is 0 Å². The predicted octanol–water partition coefficient (Wildman–Crippen LogP) is -1.74. The topological polar surface area (TPSA) is 83.6 Å². The van der Waals surface area contributed by atoms with E-state index in [1.54, 1.807) is 0 Å². The number of ketones is 1. The summed E-state index contributed by atoms with van der Waals surface area (Å²) in [6.07, 6.45) is -1.12. The number of Topliss-reactive ketones (excluding diaryl/α,β-unsaturated/α-hetero) is 1. The van der Waals surface area contributed by atoms with Gasteiger partial charge in [0, 0.05) is 0 Å². The fourth-order valence-electron chi connectivity index (χ4n) is 0.384. The van der Waals surface area contributed by atoms with E-state index in [1.165, 1.54) is 6.92 Å². The van der Waals surface area contributed by atoms with Gasteiger partial charge in [0.25, 0.3) is 0 Å². The third-order valence-corrected chi connectivity index (χ3v) is 1.07. The van der Waals surface area contributed by atoms with Gasteiger partial charge in [-0.1, -0.05) is 0 Å². The number of carbonyl (C=O) groups is 1. The number of hydrogen-bond donors (Lipinski definition) is 3. The van der Waals surface area contributed by atoms with Crippen LogP contribution in [0.3, 0.4) is 0 Å². The van der Waals surface area contributed by atoms with Crippen LogP contribution in [0.15, 0.2) is 0 Å². The molecule has 0 aliphatic rings. The van der Waals surface area contributed by atoms with Gasteiger partial charge < -0.3 is 15.9 Å². The summed E-state index contributed by atoms with van der Waals surface area (Å²) in [6.45, 7) is 0.796.